The van der Waals surface area contributed by atoms with Crippen LogP contribution < -0.4 is 26.4 Å². The molecule has 2 aromatic carbocycles. The second kappa shape index (κ2) is 9.36. The van der Waals surface area contributed by atoms with Gasteiger partial charge in [0.25, 0.3) is 5.91 Å². The van der Waals surface area contributed by atoms with Crippen LogP contribution in [-0.2, 0) is 9.59 Å². The number of nitrogens with one attached hydrogen (secondary N) is 3. The van der Waals surface area contributed by atoms with Crippen molar-refractivity contribution in [3.63, 3.8) is 0 Å². The van der Waals surface area contributed by atoms with Crippen LogP contribution in [0.15, 0.2) is 64.6 Å². The molecule has 0 bridgehead atoms. The van der Waals surface area contributed by atoms with Gasteiger partial charge in [-0.2, -0.15) is 4.99 Å². The number of rotatable bonds is 6. The predicted octanol–water partition coefficient (Wildman–Crippen LogP) is 1.70. The fourth-order valence-corrected chi connectivity index (χ4v) is 2.63. The molecule has 3 rings (SSSR count). The average Bonchev–Trinajstić information content (AvgIpc) is 3.02. The first-order valence-electron chi connectivity index (χ1n) is 9.11. The van der Waals surface area contributed by atoms with Gasteiger partial charge in [-0.15, -0.1) is 0 Å². The van der Waals surface area contributed by atoms with Gasteiger partial charge in [0.1, 0.15) is 11.8 Å². The second-order valence-electron chi connectivity index (χ2n) is 6.16. The van der Waals surface area contributed by atoms with Crippen LogP contribution in [0.25, 0.3) is 0 Å². The van der Waals surface area contributed by atoms with Gasteiger partial charge in [-0.3, -0.25) is 14.9 Å². The van der Waals surface area contributed by atoms with Crippen molar-refractivity contribution in [2.45, 2.75) is 19.4 Å². The Balaban J connectivity index is 1.56. The fraction of sp³-hybridized carbons (Fsp3) is 0.200. The summed E-state index contributed by atoms with van der Waals surface area (Å²) >= 11 is 0. The Morgan fingerprint density at radius 1 is 1.14 bits per heavy atom. The van der Waals surface area contributed by atoms with E-state index in [-0.39, 0.29) is 24.2 Å². The monoisotopic (exact) mass is 394 g/mol. The second-order valence-corrected chi connectivity index (χ2v) is 6.16. The van der Waals surface area contributed by atoms with E-state index in [2.05, 4.69) is 25.9 Å². The maximum Gasteiger partial charge on any atom is 0.252 e. The Bertz CT molecular complexity index is 925. The molecule has 0 unspecified atom stereocenters. The number of hydrogen-bond acceptors (Lipinski definition) is 5. The van der Waals surface area contributed by atoms with E-state index in [4.69, 9.17) is 10.5 Å². The summed E-state index contributed by atoms with van der Waals surface area (Å²) < 4.78 is 5.36. The van der Waals surface area contributed by atoms with E-state index in [1.54, 1.807) is 24.3 Å². The van der Waals surface area contributed by atoms with Crippen molar-refractivity contribution in [3.05, 3.63) is 54.6 Å². The molecule has 1 heterocycles. The smallest absolute Gasteiger partial charge is 0.252 e. The SMILES string of the molecule is CCOc1ccc(NC(=O)C[C@H]2N=C(N=C(N)Nc3ccccc3)NC2=O)cc1. The summed E-state index contributed by atoms with van der Waals surface area (Å²) in [6.45, 7) is 2.46. The number of hydrogen-bond donors (Lipinski definition) is 4. The van der Waals surface area contributed by atoms with Crippen molar-refractivity contribution >= 4 is 35.1 Å². The lowest BCUT2D eigenvalue weighted by Gasteiger charge is -2.08. The molecule has 1 aliphatic heterocycles. The zero-order valence-corrected chi connectivity index (χ0v) is 15.9. The van der Waals surface area contributed by atoms with Gasteiger partial charge in [0, 0.05) is 11.4 Å². The molecule has 150 valence electrons. The van der Waals surface area contributed by atoms with E-state index in [1.165, 1.54) is 0 Å². The summed E-state index contributed by atoms with van der Waals surface area (Å²) in [5.74, 6) is 0.121. The van der Waals surface area contributed by atoms with Crippen LogP contribution in [0.5, 0.6) is 5.75 Å². The van der Waals surface area contributed by atoms with Crippen LogP contribution in [0.3, 0.4) is 0 Å². The number of nitrogens with two attached hydrogens (primary N) is 1. The van der Waals surface area contributed by atoms with Crippen molar-refractivity contribution in [1.29, 1.82) is 0 Å². The highest BCUT2D eigenvalue weighted by Crippen LogP contribution is 2.16. The van der Waals surface area contributed by atoms with E-state index in [9.17, 15) is 9.59 Å². The maximum absolute atomic E-state index is 12.2. The third kappa shape index (κ3) is 5.80. The van der Waals surface area contributed by atoms with Crippen LogP contribution in [0.4, 0.5) is 11.4 Å². The molecule has 29 heavy (non-hydrogen) atoms. The molecule has 9 nitrogen and oxygen atoms in total. The highest BCUT2D eigenvalue weighted by Gasteiger charge is 2.28. The summed E-state index contributed by atoms with van der Waals surface area (Å²) in [5, 5.41) is 8.14. The summed E-state index contributed by atoms with van der Waals surface area (Å²) in [4.78, 5) is 32.5. The number of ether oxygens (including phenoxy) is 1. The predicted molar refractivity (Wildman–Crippen MR) is 112 cm³/mol. The highest BCUT2D eigenvalue weighted by molar-refractivity contribution is 6.11. The number of aliphatic imine (C=N–C) groups is 2. The van der Waals surface area contributed by atoms with Crippen molar-refractivity contribution in [2.24, 2.45) is 15.7 Å². The Morgan fingerprint density at radius 2 is 1.83 bits per heavy atom. The summed E-state index contributed by atoms with van der Waals surface area (Å²) in [6.07, 6.45) is -0.107. The molecule has 0 saturated carbocycles. The highest BCUT2D eigenvalue weighted by atomic mass is 16.5. The molecule has 2 aromatic rings. The molecular weight excluding hydrogens is 372 g/mol. The Kier molecular flexibility index (Phi) is 6.41. The van der Waals surface area contributed by atoms with Crippen LogP contribution in [0.1, 0.15) is 13.3 Å². The van der Waals surface area contributed by atoms with Gasteiger partial charge in [-0.25, -0.2) is 4.99 Å². The quantitative estimate of drug-likeness (QED) is 0.438. The first-order valence-corrected chi connectivity index (χ1v) is 9.11. The minimum Gasteiger partial charge on any atom is -0.494 e. The van der Waals surface area contributed by atoms with Crippen LogP contribution >= 0.6 is 0 Å². The van der Waals surface area contributed by atoms with Gasteiger partial charge >= 0.3 is 0 Å². The number of guanidine groups is 2. The molecule has 0 aromatic heterocycles. The van der Waals surface area contributed by atoms with E-state index in [0.717, 1.165) is 11.4 Å². The number of nitrogens with zero attached hydrogens (tertiary/aromatic N) is 2. The number of carbonyl (C=O) groups is 2. The Labute approximate surface area is 168 Å². The van der Waals surface area contributed by atoms with Gasteiger partial charge in [0.15, 0.2) is 0 Å². The number of anilines is 2. The number of para-hydroxylation sites is 1. The third-order valence-corrected chi connectivity index (χ3v) is 3.92. The van der Waals surface area contributed by atoms with Crippen LogP contribution in [-0.4, -0.2) is 36.4 Å². The van der Waals surface area contributed by atoms with Crippen LogP contribution in [0.2, 0.25) is 0 Å². The summed E-state index contributed by atoms with van der Waals surface area (Å²) in [7, 11) is 0. The van der Waals surface area contributed by atoms with Gasteiger partial charge < -0.3 is 21.1 Å². The molecule has 0 aliphatic carbocycles. The topological polar surface area (TPSA) is 130 Å². The van der Waals surface area contributed by atoms with Gasteiger partial charge in [-0.1, -0.05) is 18.2 Å². The minimum atomic E-state index is -0.860. The lowest BCUT2D eigenvalue weighted by Crippen LogP contribution is -2.32. The largest absolute Gasteiger partial charge is 0.494 e. The molecule has 2 amide bonds. The molecule has 0 saturated heterocycles. The lowest BCUT2D eigenvalue weighted by molar-refractivity contribution is -0.123. The molecule has 1 aliphatic rings. The number of amides is 2. The molecule has 0 spiro atoms. The van der Waals surface area contributed by atoms with Crippen molar-refractivity contribution in [2.75, 3.05) is 17.2 Å². The standard InChI is InChI=1S/C20H22N6O3/c1-2-29-15-10-8-14(9-11-15)22-17(27)12-16-18(28)25-20(24-16)26-19(21)23-13-6-4-3-5-7-13/h3-11,16H,2,12H2,1H3,(H,22,27)(H4,21,23,24,25,26,28)/t16-/m1/s1. The van der Waals surface area contributed by atoms with Gasteiger partial charge in [-0.05, 0) is 43.3 Å². The first-order chi connectivity index (χ1) is 14.0. The average molecular weight is 394 g/mol. The van der Waals surface area contributed by atoms with Crippen molar-refractivity contribution < 1.29 is 14.3 Å². The zero-order valence-electron chi connectivity index (χ0n) is 15.9. The molecule has 0 radical (unpaired) electrons. The molecule has 9 heteroatoms. The van der Waals surface area contributed by atoms with E-state index in [1.807, 2.05) is 37.3 Å². The van der Waals surface area contributed by atoms with E-state index < -0.39 is 11.9 Å². The minimum absolute atomic E-state index is 0.0646. The molecule has 0 fully saturated rings. The van der Waals surface area contributed by atoms with E-state index >= 15 is 0 Å². The van der Waals surface area contributed by atoms with E-state index in [0.29, 0.717) is 12.3 Å². The summed E-state index contributed by atoms with van der Waals surface area (Å²) in [6, 6.07) is 15.3. The Morgan fingerprint density at radius 3 is 2.52 bits per heavy atom. The zero-order chi connectivity index (χ0) is 20.6. The molecular formula is C20H22N6O3. The fourth-order valence-electron chi connectivity index (χ4n) is 2.63. The normalized spacial score (nSPS) is 16.0. The van der Waals surface area contributed by atoms with Crippen molar-refractivity contribution in [1.82, 2.24) is 5.32 Å². The third-order valence-electron chi connectivity index (χ3n) is 3.92. The van der Waals surface area contributed by atoms with Gasteiger partial charge in [0.05, 0.1) is 13.0 Å². The van der Waals surface area contributed by atoms with Crippen molar-refractivity contribution in [3.8, 4) is 5.75 Å². The number of benzene rings is 2. The number of carbonyl (C=O) groups excluding carboxylic acids is 2. The maximum atomic E-state index is 12.2. The Hall–Kier alpha value is -3.88. The first kappa shape index (κ1) is 19.9. The lowest BCUT2D eigenvalue weighted by atomic mass is 10.2. The molecule has 1 atom stereocenters. The van der Waals surface area contributed by atoms with Crippen LogP contribution in [0, 0.1) is 0 Å². The molecule has 5 N–H and O–H groups in total. The van der Waals surface area contributed by atoms with Gasteiger partial charge in [0.2, 0.25) is 17.8 Å². The summed E-state index contributed by atoms with van der Waals surface area (Å²) in [5.41, 5.74) is 7.19.